The van der Waals surface area contributed by atoms with E-state index in [0.717, 1.165) is 28.1 Å². The molecule has 0 spiro atoms. The molecule has 0 aliphatic heterocycles. The summed E-state index contributed by atoms with van der Waals surface area (Å²) in [5, 5.41) is 10.7. The lowest BCUT2D eigenvalue weighted by molar-refractivity contribution is 0.478. The van der Waals surface area contributed by atoms with Gasteiger partial charge in [-0.1, -0.05) is 46.6 Å². The van der Waals surface area contributed by atoms with E-state index in [4.69, 9.17) is 5.73 Å². The van der Waals surface area contributed by atoms with Gasteiger partial charge in [-0.05, 0) is 83.3 Å². The number of hydrogen-bond donors (Lipinski definition) is 3. The molecule has 0 aliphatic rings. The number of nitrogens with zero attached hydrogens (tertiary/aromatic N) is 1. The van der Waals surface area contributed by atoms with Crippen LogP contribution in [-0.2, 0) is 6.42 Å². The largest absolute Gasteiger partial charge is 0.398 e. The first-order valence-corrected chi connectivity index (χ1v) is 13.7. The quantitative estimate of drug-likeness (QED) is 0.133. The first kappa shape index (κ1) is 31.9. The minimum absolute atomic E-state index is 0.137. The molecule has 0 fully saturated rings. The summed E-state index contributed by atoms with van der Waals surface area (Å²) in [4.78, 5) is 4.48. The van der Waals surface area contributed by atoms with Crippen molar-refractivity contribution in [2.45, 2.75) is 41.0 Å². The lowest BCUT2D eigenvalue weighted by atomic mass is 9.92. The van der Waals surface area contributed by atoms with Gasteiger partial charge in [0, 0.05) is 51.9 Å². The molecule has 0 saturated heterocycles. The van der Waals surface area contributed by atoms with E-state index >= 15 is 4.39 Å². The third-order valence-corrected chi connectivity index (χ3v) is 7.04. The van der Waals surface area contributed by atoms with Crippen molar-refractivity contribution in [1.82, 2.24) is 10.3 Å². The van der Waals surface area contributed by atoms with E-state index < -0.39 is 0 Å². The highest BCUT2D eigenvalue weighted by Crippen LogP contribution is 2.32. The third kappa shape index (κ3) is 7.84. The second-order valence-corrected chi connectivity index (χ2v) is 10.9. The molecule has 0 aliphatic carbocycles. The second kappa shape index (κ2) is 14.2. The standard InChI is InChI=1S/C32H37FN4S.C2H2/c1-9-23(18-25(10-2)37-22(5)32(6,7)8)27-11-12-29(34)28(30(27)33)17-20(3)36-31-21(4)26(13-15-35-31)24-14-16-38-19-24;1-2/h9-16,18-19,37H,2-3,5,17,34H2,1,4,6-8H3,(H,35,36);1-2H/b23-9+,25-18+;. The molecular weight excluding hydrogens is 515 g/mol. The molecule has 40 heavy (non-hydrogen) atoms. The maximum Gasteiger partial charge on any atom is 0.136 e. The summed E-state index contributed by atoms with van der Waals surface area (Å²) < 4.78 is 15.9. The van der Waals surface area contributed by atoms with Crippen molar-refractivity contribution in [1.29, 1.82) is 0 Å². The van der Waals surface area contributed by atoms with Crippen molar-refractivity contribution in [2.24, 2.45) is 5.41 Å². The molecular formula is C34H39FN4S. The number of pyridine rings is 1. The first-order chi connectivity index (χ1) is 19.0. The number of benzene rings is 1. The average molecular weight is 555 g/mol. The number of nitrogens with one attached hydrogen (secondary N) is 2. The van der Waals surface area contributed by atoms with Crippen LogP contribution in [-0.4, -0.2) is 4.98 Å². The Morgan fingerprint density at radius 1 is 1.18 bits per heavy atom. The van der Waals surface area contributed by atoms with Crippen molar-refractivity contribution >= 4 is 28.4 Å². The maximum atomic E-state index is 15.9. The molecule has 6 heteroatoms. The highest BCUT2D eigenvalue weighted by atomic mass is 32.1. The number of rotatable bonds is 10. The number of terminal acetylenes is 1. The van der Waals surface area contributed by atoms with Gasteiger partial charge in [0.2, 0.25) is 0 Å². The van der Waals surface area contributed by atoms with Gasteiger partial charge in [0.15, 0.2) is 0 Å². The maximum absolute atomic E-state index is 15.9. The van der Waals surface area contributed by atoms with Crippen LogP contribution in [0.1, 0.15) is 44.4 Å². The Bertz CT molecular complexity index is 1450. The van der Waals surface area contributed by atoms with E-state index in [1.807, 2.05) is 37.4 Å². The van der Waals surface area contributed by atoms with Crippen LogP contribution in [0, 0.1) is 31.0 Å². The van der Waals surface area contributed by atoms with Crippen LogP contribution in [0.15, 0.2) is 96.3 Å². The number of halogens is 1. The first-order valence-electron chi connectivity index (χ1n) is 12.8. The second-order valence-electron chi connectivity index (χ2n) is 10.1. The van der Waals surface area contributed by atoms with E-state index in [1.54, 1.807) is 35.7 Å². The number of aromatic nitrogens is 1. The van der Waals surface area contributed by atoms with E-state index in [9.17, 15) is 0 Å². The summed E-state index contributed by atoms with van der Waals surface area (Å²) in [6, 6.07) is 7.49. The predicted octanol–water partition coefficient (Wildman–Crippen LogP) is 8.88. The number of thiophene rings is 1. The van der Waals surface area contributed by atoms with Gasteiger partial charge in [-0.2, -0.15) is 11.3 Å². The molecule has 3 rings (SSSR count). The van der Waals surface area contributed by atoms with Crippen LogP contribution in [0.25, 0.3) is 16.7 Å². The van der Waals surface area contributed by atoms with Gasteiger partial charge in [0.05, 0.1) is 0 Å². The molecule has 2 aromatic heterocycles. The molecule has 3 aromatic rings. The number of allylic oxidation sites excluding steroid dienone is 6. The number of nitrogen functional groups attached to an aromatic ring is 1. The summed E-state index contributed by atoms with van der Waals surface area (Å²) in [6.45, 7) is 22.3. The zero-order valence-electron chi connectivity index (χ0n) is 24.1. The van der Waals surface area contributed by atoms with Crippen LogP contribution in [0.3, 0.4) is 0 Å². The Labute approximate surface area is 243 Å². The predicted molar refractivity (Wildman–Crippen MR) is 173 cm³/mol. The number of nitrogens with two attached hydrogens (primary N) is 1. The van der Waals surface area contributed by atoms with Crippen molar-refractivity contribution in [3.8, 4) is 24.0 Å². The molecule has 0 amide bonds. The Balaban J connectivity index is 0.00000274. The summed E-state index contributed by atoms with van der Waals surface area (Å²) in [5.41, 5.74) is 13.4. The van der Waals surface area contributed by atoms with E-state index in [-0.39, 0.29) is 17.7 Å². The van der Waals surface area contributed by atoms with Gasteiger partial charge in [-0.25, -0.2) is 9.37 Å². The number of hydrogen-bond acceptors (Lipinski definition) is 5. The van der Waals surface area contributed by atoms with Crippen molar-refractivity contribution in [2.75, 3.05) is 11.1 Å². The smallest absolute Gasteiger partial charge is 0.136 e. The lowest BCUT2D eigenvalue weighted by Crippen LogP contribution is -2.22. The number of anilines is 2. The molecule has 2 heterocycles. The SMILES string of the molecule is C#C.C=C/C(=C\C(=C/C)c1ccc(N)c(CC(=C)Nc2nccc(-c3ccsc3)c2C)c1F)NC(=C)C(C)(C)C. The summed E-state index contributed by atoms with van der Waals surface area (Å²) in [7, 11) is 0. The summed E-state index contributed by atoms with van der Waals surface area (Å²) in [6.07, 6.45) is 15.4. The fourth-order valence-corrected chi connectivity index (χ4v) is 4.50. The Morgan fingerprint density at radius 3 is 2.45 bits per heavy atom. The summed E-state index contributed by atoms with van der Waals surface area (Å²) in [5.74, 6) is 0.304. The fraction of sp³-hybridized carbons (Fsp3) is 0.206. The van der Waals surface area contributed by atoms with Crippen molar-refractivity contribution in [3.63, 3.8) is 0 Å². The lowest BCUT2D eigenvalue weighted by Gasteiger charge is -2.24. The molecule has 1 aromatic carbocycles. The van der Waals surface area contributed by atoms with Crippen LogP contribution in [0.4, 0.5) is 15.9 Å². The Hall–Kier alpha value is -4.34. The van der Waals surface area contributed by atoms with Crippen LogP contribution in [0.2, 0.25) is 0 Å². The van der Waals surface area contributed by atoms with Gasteiger partial charge in [-0.3, -0.25) is 0 Å². The van der Waals surface area contributed by atoms with Gasteiger partial charge in [0.1, 0.15) is 11.6 Å². The third-order valence-electron chi connectivity index (χ3n) is 6.35. The zero-order chi connectivity index (χ0) is 30.0. The van der Waals surface area contributed by atoms with Gasteiger partial charge in [0.25, 0.3) is 0 Å². The minimum atomic E-state index is -0.382. The molecule has 208 valence electrons. The highest BCUT2D eigenvalue weighted by Gasteiger charge is 2.18. The normalized spacial score (nSPS) is 11.7. The van der Waals surface area contributed by atoms with Gasteiger partial charge >= 0.3 is 0 Å². The van der Waals surface area contributed by atoms with Gasteiger partial charge < -0.3 is 16.4 Å². The molecule has 0 unspecified atom stereocenters. The fourth-order valence-electron chi connectivity index (χ4n) is 3.85. The van der Waals surface area contributed by atoms with E-state index in [2.05, 4.69) is 80.4 Å². The molecule has 0 atom stereocenters. The van der Waals surface area contributed by atoms with Crippen molar-refractivity contribution in [3.05, 3.63) is 119 Å². The average Bonchev–Trinajstić information content (AvgIpc) is 3.46. The Morgan fingerprint density at radius 2 is 1.88 bits per heavy atom. The zero-order valence-corrected chi connectivity index (χ0v) is 24.9. The Kier molecular flexibility index (Phi) is 11.3. The van der Waals surface area contributed by atoms with E-state index in [1.165, 1.54) is 0 Å². The molecule has 4 N–H and O–H groups in total. The van der Waals surface area contributed by atoms with Gasteiger partial charge in [-0.15, -0.1) is 12.8 Å². The van der Waals surface area contributed by atoms with Crippen LogP contribution in [0.5, 0.6) is 0 Å². The van der Waals surface area contributed by atoms with Crippen LogP contribution >= 0.6 is 11.3 Å². The van der Waals surface area contributed by atoms with Crippen LogP contribution < -0.4 is 16.4 Å². The highest BCUT2D eigenvalue weighted by molar-refractivity contribution is 7.08. The molecule has 0 bridgehead atoms. The molecule has 0 saturated carbocycles. The minimum Gasteiger partial charge on any atom is -0.398 e. The molecule has 0 radical (unpaired) electrons. The topological polar surface area (TPSA) is 63.0 Å². The summed E-state index contributed by atoms with van der Waals surface area (Å²) >= 11 is 1.65. The monoisotopic (exact) mass is 554 g/mol. The van der Waals surface area contributed by atoms with Crippen molar-refractivity contribution < 1.29 is 4.39 Å². The molecule has 4 nitrogen and oxygen atoms in total. The van der Waals surface area contributed by atoms with E-state index in [0.29, 0.717) is 33.9 Å².